The van der Waals surface area contributed by atoms with Crippen LogP contribution in [-0.2, 0) is 19.1 Å². The molecule has 4 nitrogen and oxygen atoms in total. The summed E-state index contributed by atoms with van der Waals surface area (Å²) in [6.07, 6.45) is 1.90. The van der Waals surface area contributed by atoms with E-state index in [1.165, 1.54) is 0 Å². The zero-order valence-corrected chi connectivity index (χ0v) is 15.3. The average Bonchev–Trinajstić information content (AvgIpc) is 2.88. The highest BCUT2D eigenvalue weighted by Gasteiger charge is 2.57. The summed E-state index contributed by atoms with van der Waals surface area (Å²) in [6, 6.07) is 0. The molecule has 0 aromatic heterocycles. The van der Waals surface area contributed by atoms with Crippen molar-refractivity contribution in [3.05, 3.63) is 11.1 Å². The Morgan fingerprint density at radius 3 is 1.57 bits per heavy atom. The minimum absolute atomic E-state index is 0.0711. The van der Waals surface area contributed by atoms with E-state index in [9.17, 15) is 9.59 Å². The summed E-state index contributed by atoms with van der Waals surface area (Å²) in [7, 11) is 0. The third-order valence-corrected chi connectivity index (χ3v) is 5.06. The lowest BCUT2D eigenvalue weighted by Crippen LogP contribution is -2.23. The molecule has 0 saturated heterocycles. The van der Waals surface area contributed by atoms with Crippen molar-refractivity contribution >= 4 is 11.9 Å². The lowest BCUT2D eigenvalue weighted by molar-refractivity contribution is -0.144. The van der Waals surface area contributed by atoms with Gasteiger partial charge < -0.3 is 9.47 Å². The predicted molar refractivity (Wildman–Crippen MR) is 88.6 cm³/mol. The van der Waals surface area contributed by atoms with Gasteiger partial charge in [0.25, 0.3) is 0 Å². The summed E-state index contributed by atoms with van der Waals surface area (Å²) in [5, 5.41) is 0. The number of rotatable bonds is 6. The third-order valence-electron chi connectivity index (χ3n) is 5.06. The molecule has 1 fully saturated rings. The zero-order valence-electron chi connectivity index (χ0n) is 15.3. The summed E-state index contributed by atoms with van der Waals surface area (Å²) in [5.74, 6) is 0.124. The fourth-order valence-electron chi connectivity index (χ4n) is 3.87. The number of hydrogen-bond acceptors (Lipinski definition) is 4. The van der Waals surface area contributed by atoms with Crippen molar-refractivity contribution in [2.75, 3.05) is 13.2 Å². The molecule has 1 saturated carbocycles. The molecule has 0 aromatic rings. The van der Waals surface area contributed by atoms with Crippen molar-refractivity contribution in [1.82, 2.24) is 0 Å². The highest BCUT2D eigenvalue weighted by Crippen LogP contribution is 2.60. The van der Waals surface area contributed by atoms with Crippen LogP contribution >= 0.6 is 0 Å². The number of ether oxygens (including phenoxy) is 2. The molecule has 0 N–H and O–H groups in total. The van der Waals surface area contributed by atoms with Crippen molar-refractivity contribution in [3.63, 3.8) is 0 Å². The van der Waals surface area contributed by atoms with E-state index < -0.39 is 0 Å². The van der Waals surface area contributed by atoms with Gasteiger partial charge in [0, 0.05) is 0 Å². The first kappa shape index (κ1) is 18.0. The van der Waals surface area contributed by atoms with Crippen molar-refractivity contribution < 1.29 is 19.1 Å². The topological polar surface area (TPSA) is 52.6 Å². The van der Waals surface area contributed by atoms with Crippen LogP contribution in [0.5, 0.6) is 0 Å². The molecular weight excluding hydrogens is 292 g/mol. The van der Waals surface area contributed by atoms with E-state index in [1.807, 2.05) is 27.7 Å². The Kier molecular flexibility index (Phi) is 5.22. The van der Waals surface area contributed by atoms with Crippen LogP contribution in [0.25, 0.3) is 0 Å². The number of carbonyl (C=O) groups is 2. The van der Waals surface area contributed by atoms with E-state index in [-0.39, 0.29) is 41.0 Å². The predicted octanol–water partition coefficient (Wildman–Crippen LogP) is 3.75. The Morgan fingerprint density at radius 1 is 0.913 bits per heavy atom. The zero-order chi connectivity index (χ0) is 17.4. The second kappa shape index (κ2) is 6.66. The summed E-state index contributed by atoms with van der Waals surface area (Å²) in [6.45, 7) is 13.1. The third kappa shape index (κ3) is 3.46. The SMILES string of the molecule is CC(C)COC(=O)C1=C(C(=O)OCC(C)C)C2CCC1C2(C)C. The van der Waals surface area contributed by atoms with Crippen LogP contribution in [-0.4, -0.2) is 25.2 Å². The van der Waals surface area contributed by atoms with Crippen LogP contribution < -0.4 is 0 Å². The second-order valence-electron chi connectivity index (χ2n) is 8.32. The standard InChI is InChI=1S/C19H30O4/c1-11(2)9-22-17(20)15-13-7-8-14(19(13,5)6)16(15)18(21)23-10-12(3)4/h11-14H,7-10H2,1-6H3. The average molecular weight is 322 g/mol. The minimum atomic E-state index is -0.324. The number of esters is 2. The molecule has 2 unspecified atom stereocenters. The van der Waals surface area contributed by atoms with Gasteiger partial charge in [0.2, 0.25) is 0 Å². The normalized spacial score (nSPS) is 25.4. The molecule has 0 radical (unpaired) electrons. The van der Waals surface area contributed by atoms with E-state index in [1.54, 1.807) is 0 Å². The Hall–Kier alpha value is -1.32. The Morgan fingerprint density at radius 2 is 1.26 bits per heavy atom. The van der Waals surface area contributed by atoms with Gasteiger partial charge in [0.1, 0.15) is 0 Å². The number of fused-ring (bicyclic) bond motifs is 2. The first-order chi connectivity index (χ1) is 10.7. The molecule has 2 bridgehead atoms. The molecule has 2 aliphatic carbocycles. The molecular formula is C19H30O4. The van der Waals surface area contributed by atoms with Crippen molar-refractivity contribution in [2.24, 2.45) is 29.1 Å². The monoisotopic (exact) mass is 322 g/mol. The fourth-order valence-corrected chi connectivity index (χ4v) is 3.87. The van der Waals surface area contributed by atoms with Crippen LogP contribution in [0.3, 0.4) is 0 Å². The molecule has 0 aromatic carbocycles. The first-order valence-corrected chi connectivity index (χ1v) is 8.74. The largest absolute Gasteiger partial charge is 0.462 e. The highest BCUT2D eigenvalue weighted by atomic mass is 16.5. The van der Waals surface area contributed by atoms with Gasteiger partial charge in [-0.3, -0.25) is 0 Å². The molecule has 0 amide bonds. The Bertz CT molecular complexity index is 469. The van der Waals surface area contributed by atoms with Crippen LogP contribution in [0.1, 0.15) is 54.4 Å². The summed E-state index contributed by atoms with van der Waals surface area (Å²) in [4.78, 5) is 25.2. The van der Waals surface area contributed by atoms with Gasteiger partial charge in [-0.25, -0.2) is 9.59 Å². The molecule has 130 valence electrons. The summed E-state index contributed by atoms with van der Waals surface area (Å²) < 4.78 is 10.9. The highest BCUT2D eigenvalue weighted by molar-refractivity contribution is 6.03. The fraction of sp³-hybridized carbons (Fsp3) is 0.789. The molecule has 0 spiro atoms. The maximum atomic E-state index is 12.6. The minimum Gasteiger partial charge on any atom is -0.462 e. The van der Waals surface area contributed by atoms with Gasteiger partial charge in [-0.05, 0) is 41.9 Å². The van der Waals surface area contributed by atoms with E-state index in [0.29, 0.717) is 24.4 Å². The van der Waals surface area contributed by atoms with Crippen LogP contribution in [0.15, 0.2) is 11.1 Å². The van der Waals surface area contributed by atoms with Gasteiger partial charge in [-0.15, -0.1) is 0 Å². The summed E-state index contributed by atoms with van der Waals surface area (Å²) >= 11 is 0. The van der Waals surface area contributed by atoms with Gasteiger partial charge in [0.15, 0.2) is 0 Å². The first-order valence-electron chi connectivity index (χ1n) is 8.74. The van der Waals surface area contributed by atoms with E-state index in [4.69, 9.17) is 9.47 Å². The molecule has 23 heavy (non-hydrogen) atoms. The van der Waals surface area contributed by atoms with Gasteiger partial charge >= 0.3 is 11.9 Å². The molecule has 0 heterocycles. The maximum Gasteiger partial charge on any atom is 0.334 e. The van der Waals surface area contributed by atoms with Gasteiger partial charge in [-0.1, -0.05) is 41.5 Å². The van der Waals surface area contributed by atoms with Crippen molar-refractivity contribution in [3.8, 4) is 0 Å². The molecule has 4 heteroatoms. The molecule has 2 rings (SSSR count). The lowest BCUT2D eigenvalue weighted by Gasteiger charge is -2.25. The molecule has 2 aliphatic rings. The number of carbonyl (C=O) groups excluding carboxylic acids is 2. The van der Waals surface area contributed by atoms with E-state index >= 15 is 0 Å². The Balaban J connectivity index is 2.27. The molecule has 0 aliphatic heterocycles. The molecule has 2 atom stereocenters. The van der Waals surface area contributed by atoms with Crippen LogP contribution in [0, 0.1) is 29.1 Å². The van der Waals surface area contributed by atoms with E-state index in [0.717, 1.165) is 12.8 Å². The van der Waals surface area contributed by atoms with E-state index in [2.05, 4.69) is 13.8 Å². The smallest absolute Gasteiger partial charge is 0.334 e. The van der Waals surface area contributed by atoms with Gasteiger partial charge in [-0.2, -0.15) is 0 Å². The summed E-state index contributed by atoms with van der Waals surface area (Å²) in [5.41, 5.74) is 1.10. The van der Waals surface area contributed by atoms with Crippen molar-refractivity contribution in [1.29, 1.82) is 0 Å². The quantitative estimate of drug-likeness (QED) is 0.699. The van der Waals surface area contributed by atoms with Crippen molar-refractivity contribution in [2.45, 2.75) is 54.4 Å². The maximum absolute atomic E-state index is 12.6. The van der Waals surface area contributed by atoms with Crippen LogP contribution in [0.2, 0.25) is 0 Å². The Labute approximate surface area is 139 Å². The number of hydrogen-bond donors (Lipinski definition) is 0. The lowest BCUT2D eigenvalue weighted by atomic mass is 9.79. The second-order valence-corrected chi connectivity index (χ2v) is 8.32. The van der Waals surface area contributed by atoms with Gasteiger partial charge in [0.05, 0.1) is 24.4 Å². The van der Waals surface area contributed by atoms with Crippen LogP contribution in [0.4, 0.5) is 0 Å².